The molecule has 0 aliphatic carbocycles. The Morgan fingerprint density at radius 2 is 2.18 bits per heavy atom. The van der Waals surface area contributed by atoms with Gasteiger partial charge in [0.15, 0.2) is 0 Å². The minimum atomic E-state index is -0.0393. The van der Waals surface area contributed by atoms with Gasteiger partial charge in [-0.25, -0.2) is 4.98 Å². The Labute approximate surface area is 101 Å². The van der Waals surface area contributed by atoms with Crippen LogP contribution in [0.5, 0.6) is 0 Å². The van der Waals surface area contributed by atoms with E-state index in [0.29, 0.717) is 0 Å². The molecule has 2 aromatic rings. The van der Waals surface area contributed by atoms with E-state index < -0.39 is 0 Å². The van der Waals surface area contributed by atoms with Crippen molar-refractivity contribution in [1.82, 2.24) is 19.3 Å². The molecule has 0 saturated carbocycles. The molecule has 2 N–H and O–H groups in total. The number of hydrogen-bond acceptors (Lipinski definition) is 3. The van der Waals surface area contributed by atoms with Crippen LogP contribution < -0.4 is 5.73 Å². The van der Waals surface area contributed by atoms with Gasteiger partial charge >= 0.3 is 0 Å². The number of rotatable bonds is 4. The smallest absolute Gasteiger partial charge is 0.0946 e. The van der Waals surface area contributed by atoms with Gasteiger partial charge in [0.05, 0.1) is 23.8 Å². The average molecular weight is 233 g/mol. The normalized spacial score (nSPS) is 12.9. The monoisotopic (exact) mass is 233 g/mol. The van der Waals surface area contributed by atoms with E-state index in [0.717, 1.165) is 29.9 Å². The van der Waals surface area contributed by atoms with Gasteiger partial charge < -0.3 is 10.3 Å². The van der Waals surface area contributed by atoms with Crippen LogP contribution in [0.2, 0.25) is 0 Å². The molecule has 5 heteroatoms. The van der Waals surface area contributed by atoms with Crippen LogP contribution >= 0.6 is 0 Å². The number of imidazole rings is 1. The molecule has 0 amide bonds. The Balaban J connectivity index is 2.15. The third kappa shape index (κ3) is 2.39. The van der Waals surface area contributed by atoms with Gasteiger partial charge in [-0.1, -0.05) is 6.92 Å². The summed E-state index contributed by atoms with van der Waals surface area (Å²) in [5.74, 6) is 0. The molecule has 2 aromatic heterocycles. The van der Waals surface area contributed by atoms with E-state index in [2.05, 4.69) is 23.1 Å². The average Bonchev–Trinajstić information content (AvgIpc) is 2.86. The highest BCUT2D eigenvalue weighted by atomic mass is 15.3. The van der Waals surface area contributed by atoms with Crippen LogP contribution in [0, 0.1) is 0 Å². The minimum absolute atomic E-state index is 0.0393. The second-order valence-corrected chi connectivity index (χ2v) is 4.34. The molecule has 17 heavy (non-hydrogen) atoms. The van der Waals surface area contributed by atoms with Gasteiger partial charge in [0.2, 0.25) is 0 Å². The molecular formula is C12H19N5. The van der Waals surface area contributed by atoms with Crippen LogP contribution in [-0.4, -0.2) is 19.3 Å². The Morgan fingerprint density at radius 1 is 1.41 bits per heavy atom. The maximum absolute atomic E-state index is 6.19. The summed E-state index contributed by atoms with van der Waals surface area (Å²) < 4.78 is 3.87. The maximum atomic E-state index is 6.19. The lowest BCUT2D eigenvalue weighted by atomic mass is 10.1. The van der Waals surface area contributed by atoms with Crippen LogP contribution in [0.15, 0.2) is 18.6 Å². The number of nitrogens with two attached hydrogens (primary N) is 1. The SMILES string of the molecule is CCc1cc(CC(N)c2cncn2C)n(C)n1. The van der Waals surface area contributed by atoms with Crippen molar-refractivity contribution in [2.24, 2.45) is 19.8 Å². The lowest BCUT2D eigenvalue weighted by Gasteiger charge is -2.12. The minimum Gasteiger partial charge on any atom is -0.336 e. The maximum Gasteiger partial charge on any atom is 0.0946 e. The molecule has 5 nitrogen and oxygen atoms in total. The second-order valence-electron chi connectivity index (χ2n) is 4.34. The fourth-order valence-corrected chi connectivity index (χ4v) is 1.99. The third-order valence-corrected chi connectivity index (χ3v) is 3.05. The summed E-state index contributed by atoms with van der Waals surface area (Å²) in [6, 6.07) is 2.08. The number of nitrogens with zero attached hydrogens (tertiary/aromatic N) is 4. The zero-order valence-electron chi connectivity index (χ0n) is 10.6. The highest BCUT2D eigenvalue weighted by molar-refractivity contribution is 5.15. The molecule has 0 aliphatic heterocycles. The van der Waals surface area contributed by atoms with Gasteiger partial charge in [-0.05, 0) is 12.5 Å². The molecule has 0 spiro atoms. The highest BCUT2D eigenvalue weighted by Gasteiger charge is 2.13. The lowest BCUT2D eigenvalue weighted by Crippen LogP contribution is -2.18. The van der Waals surface area contributed by atoms with Gasteiger partial charge in [0, 0.05) is 32.4 Å². The fraction of sp³-hybridized carbons (Fsp3) is 0.500. The summed E-state index contributed by atoms with van der Waals surface area (Å²) in [5.41, 5.74) is 9.51. The van der Waals surface area contributed by atoms with Crippen molar-refractivity contribution in [2.45, 2.75) is 25.8 Å². The molecule has 1 unspecified atom stereocenters. The molecule has 0 radical (unpaired) electrons. The van der Waals surface area contributed by atoms with Gasteiger partial charge in [0.1, 0.15) is 0 Å². The number of aryl methyl sites for hydroxylation is 3. The van der Waals surface area contributed by atoms with Gasteiger partial charge in [-0.2, -0.15) is 5.10 Å². The summed E-state index contributed by atoms with van der Waals surface area (Å²) in [6.45, 7) is 2.10. The fourth-order valence-electron chi connectivity index (χ4n) is 1.99. The molecule has 0 saturated heterocycles. The van der Waals surface area contributed by atoms with Crippen molar-refractivity contribution in [3.8, 4) is 0 Å². The molecule has 0 fully saturated rings. The second kappa shape index (κ2) is 4.71. The molecule has 2 heterocycles. The van der Waals surface area contributed by atoms with E-state index >= 15 is 0 Å². The summed E-state index contributed by atoms with van der Waals surface area (Å²) >= 11 is 0. The van der Waals surface area contributed by atoms with Crippen LogP contribution in [0.3, 0.4) is 0 Å². The molecule has 2 rings (SSSR count). The van der Waals surface area contributed by atoms with E-state index in [1.165, 1.54) is 0 Å². The first-order chi connectivity index (χ1) is 8.11. The van der Waals surface area contributed by atoms with Crippen molar-refractivity contribution in [2.75, 3.05) is 0 Å². The first kappa shape index (κ1) is 11.9. The first-order valence-corrected chi connectivity index (χ1v) is 5.85. The molecule has 0 aromatic carbocycles. The molecule has 0 bridgehead atoms. The largest absolute Gasteiger partial charge is 0.336 e. The van der Waals surface area contributed by atoms with E-state index in [9.17, 15) is 0 Å². The topological polar surface area (TPSA) is 61.7 Å². The summed E-state index contributed by atoms with van der Waals surface area (Å²) in [6.07, 6.45) is 5.33. The van der Waals surface area contributed by atoms with Crippen LogP contribution in [0.25, 0.3) is 0 Å². The quantitative estimate of drug-likeness (QED) is 0.855. The molecule has 1 atom stereocenters. The predicted molar refractivity (Wildman–Crippen MR) is 66.4 cm³/mol. The highest BCUT2D eigenvalue weighted by Crippen LogP contribution is 2.15. The van der Waals surface area contributed by atoms with E-state index in [-0.39, 0.29) is 6.04 Å². The van der Waals surface area contributed by atoms with Crippen LogP contribution in [0.1, 0.15) is 30.0 Å². The van der Waals surface area contributed by atoms with E-state index in [1.54, 1.807) is 6.33 Å². The third-order valence-electron chi connectivity index (χ3n) is 3.05. The Kier molecular flexibility index (Phi) is 3.28. The van der Waals surface area contributed by atoms with Crippen molar-refractivity contribution in [3.63, 3.8) is 0 Å². The van der Waals surface area contributed by atoms with Crippen molar-refractivity contribution < 1.29 is 0 Å². The number of hydrogen-bond donors (Lipinski definition) is 1. The van der Waals surface area contributed by atoms with Gasteiger partial charge in [-0.15, -0.1) is 0 Å². The Hall–Kier alpha value is -1.62. The van der Waals surface area contributed by atoms with Crippen molar-refractivity contribution in [1.29, 1.82) is 0 Å². The first-order valence-electron chi connectivity index (χ1n) is 5.85. The zero-order chi connectivity index (χ0) is 12.4. The standard InChI is InChI=1S/C12H19N5/c1-4-9-5-10(17(3)15-9)6-11(13)12-7-14-8-16(12)2/h5,7-8,11H,4,6,13H2,1-3H3. The number of aromatic nitrogens is 4. The van der Waals surface area contributed by atoms with Crippen LogP contribution in [-0.2, 0) is 26.9 Å². The van der Waals surface area contributed by atoms with Gasteiger partial charge in [0.25, 0.3) is 0 Å². The van der Waals surface area contributed by atoms with Crippen molar-refractivity contribution >= 4 is 0 Å². The van der Waals surface area contributed by atoms with Gasteiger partial charge in [-0.3, -0.25) is 4.68 Å². The Bertz CT molecular complexity index is 497. The summed E-state index contributed by atoms with van der Waals surface area (Å²) in [4.78, 5) is 4.09. The van der Waals surface area contributed by atoms with Crippen LogP contribution in [0.4, 0.5) is 0 Å². The zero-order valence-corrected chi connectivity index (χ0v) is 10.6. The Morgan fingerprint density at radius 3 is 2.71 bits per heavy atom. The van der Waals surface area contributed by atoms with E-state index in [1.807, 2.05) is 29.5 Å². The summed E-state index contributed by atoms with van der Waals surface area (Å²) in [5, 5.41) is 4.42. The van der Waals surface area contributed by atoms with Crippen molar-refractivity contribution in [3.05, 3.63) is 35.7 Å². The molecule has 92 valence electrons. The van der Waals surface area contributed by atoms with E-state index in [4.69, 9.17) is 5.73 Å². The predicted octanol–water partition coefficient (Wildman–Crippen LogP) is 0.958. The molecule has 0 aliphatic rings. The molecular weight excluding hydrogens is 214 g/mol. The summed E-state index contributed by atoms with van der Waals surface area (Å²) in [7, 11) is 3.92. The lowest BCUT2D eigenvalue weighted by molar-refractivity contribution is 0.609.